The molecule has 0 saturated carbocycles. The van der Waals surface area contributed by atoms with Gasteiger partial charge in [0.25, 0.3) is 5.95 Å². The lowest BCUT2D eigenvalue weighted by molar-refractivity contribution is -0.275. The van der Waals surface area contributed by atoms with E-state index in [4.69, 9.17) is 26.7 Å². The average molecular weight is 1210 g/mol. The van der Waals surface area contributed by atoms with Crippen molar-refractivity contribution >= 4 is 29.3 Å². The highest BCUT2D eigenvalue weighted by Gasteiger charge is 2.34. The number of carbonyl (C=O) groups excluding carboxylic acids is 2. The summed E-state index contributed by atoms with van der Waals surface area (Å²) in [5.41, 5.74) is 17.1. The van der Waals surface area contributed by atoms with E-state index in [0.29, 0.717) is 49.2 Å². The van der Waals surface area contributed by atoms with Gasteiger partial charge in [-0.2, -0.15) is 13.2 Å². The number of hydrogen-bond acceptors (Lipinski definition) is 16. The van der Waals surface area contributed by atoms with E-state index in [1.54, 1.807) is 4.90 Å². The molecule has 8 rings (SSSR count). The minimum Gasteiger partial charge on any atom is -1.00 e. The van der Waals surface area contributed by atoms with Crippen LogP contribution in [0.3, 0.4) is 0 Å². The fraction of sp³-hybridized carbons (Fsp3) is 0.542. The van der Waals surface area contributed by atoms with Crippen molar-refractivity contribution in [3.63, 3.8) is 0 Å². The number of morpholine rings is 2. The second-order valence-electron chi connectivity index (χ2n) is 17.5. The van der Waals surface area contributed by atoms with Gasteiger partial charge in [0.1, 0.15) is 24.2 Å². The van der Waals surface area contributed by atoms with Gasteiger partial charge in [-0.1, -0.05) is 39.1 Å². The first kappa shape index (κ1) is 64.7. The molecule has 428 valence electrons. The standard InChI is InChI=1S/C23H28F4N6O3.C15H12F5N3O2.C8H17N3O.2CH4.HI.2H/c24-20-21(29-11-15-5-7-32(8-6-15)12-19(28)34)30-14-31-22(20)33-9-10-35-13-18(33)16-1-3-17(4-2-16)36-23(25,26)27;16-12-13(17)21-8-22-14(12)23-5-6-24-7-11(23)9-1-3-10(4-2-9)25-15(18,19)20;9-5-7-1-3-11(4-2-7)6-8(10)12;;;;;/h1-4,14-15,18H,5-13H2,(H2,28,34)(H,29,30,31);1-4,8,11H,5-7H2;7H,1-6,9H2,(H2,10,12);2*1H4;1H;;/q;;;;;;2*-1/p-1/t18-;11-;;;;;;/m11....../s1. The third-order valence-corrected chi connectivity index (χ3v) is 12.4. The number of likely N-dealkylation sites (tertiary alicyclic amines) is 2. The van der Waals surface area contributed by atoms with Crippen LogP contribution in [0.15, 0.2) is 61.2 Å². The smallest absolute Gasteiger partial charge is 0.573 e. The van der Waals surface area contributed by atoms with Crippen molar-refractivity contribution in [3.05, 3.63) is 89.9 Å². The summed E-state index contributed by atoms with van der Waals surface area (Å²) in [6.45, 7) is 6.91. The number of nitrogens with one attached hydrogen (secondary N) is 1. The number of nitrogens with zero attached hydrogens (tertiary/aromatic N) is 8. The number of ether oxygens (including phenoxy) is 4. The van der Waals surface area contributed by atoms with E-state index in [9.17, 15) is 44.7 Å². The quantitative estimate of drug-likeness (QED) is 0.0805. The zero-order chi connectivity index (χ0) is 52.7. The molecule has 0 radical (unpaired) electrons. The molecule has 4 aliphatic heterocycles. The van der Waals surface area contributed by atoms with Crippen LogP contribution in [-0.2, 0) is 19.1 Å². The third-order valence-electron chi connectivity index (χ3n) is 12.4. The first-order chi connectivity index (χ1) is 34.8. The van der Waals surface area contributed by atoms with Crippen molar-refractivity contribution < 1.29 is 94.9 Å². The Bertz CT molecular complexity index is 2400. The average Bonchev–Trinajstić information content (AvgIpc) is 3.35. The molecule has 0 unspecified atom stereocenters. The monoisotopic (exact) mass is 1210 g/mol. The van der Waals surface area contributed by atoms with Gasteiger partial charge in [-0.15, -0.1) is 26.3 Å². The molecule has 0 aliphatic carbocycles. The Kier molecular flexibility index (Phi) is 25.9. The van der Waals surface area contributed by atoms with E-state index in [0.717, 1.165) is 76.9 Å². The van der Waals surface area contributed by atoms with E-state index in [-0.39, 0.29) is 115 Å². The summed E-state index contributed by atoms with van der Waals surface area (Å²) in [4.78, 5) is 44.1. The highest BCUT2D eigenvalue weighted by Crippen LogP contribution is 2.35. The molecule has 76 heavy (non-hydrogen) atoms. The highest BCUT2D eigenvalue weighted by atomic mass is 127. The van der Waals surface area contributed by atoms with Crippen molar-refractivity contribution in [2.24, 2.45) is 29.0 Å². The molecule has 28 heteroatoms. The number of benzene rings is 2. The molecule has 2 aromatic carbocycles. The molecule has 2 atom stereocenters. The molecule has 0 bridgehead atoms. The Balaban J connectivity index is 0.000000632. The van der Waals surface area contributed by atoms with Crippen molar-refractivity contribution in [1.82, 2.24) is 29.7 Å². The Labute approximate surface area is 455 Å². The number of nitrogens with two attached hydrogens (primary N) is 3. The van der Waals surface area contributed by atoms with Gasteiger partial charge in [0, 0.05) is 19.6 Å². The van der Waals surface area contributed by atoms with Gasteiger partial charge in [-0.3, -0.25) is 19.4 Å². The predicted molar refractivity (Wildman–Crippen MR) is 262 cm³/mol. The summed E-state index contributed by atoms with van der Waals surface area (Å²) in [6, 6.07) is 9.53. The number of hydrogen-bond donors (Lipinski definition) is 4. The molecule has 2 aromatic heterocycles. The Morgan fingerprint density at radius 1 is 0.632 bits per heavy atom. The molecule has 7 N–H and O–H groups in total. The lowest BCUT2D eigenvalue weighted by Crippen LogP contribution is -3.00. The molecule has 0 spiro atoms. The molecule has 4 saturated heterocycles. The number of primary amides is 2. The topological polar surface area (TPSA) is 226 Å². The molecular formula is C48H67F9IN12O6-3. The van der Waals surface area contributed by atoms with Gasteiger partial charge in [0.2, 0.25) is 23.4 Å². The molecule has 18 nitrogen and oxygen atoms in total. The first-order valence-electron chi connectivity index (χ1n) is 23.3. The van der Waals surface area contributed by atoms with Crippen LogP contribution in [0.1, 0.15) is 66.6 Å². The summed E-state index contributed by atoms with van der Waals surface area (Å²) < 4.78 is 136. The van der Waals surface area contributed by atoms with E-state index >= 15 is 4.39 Å². The van der Waals surface area contributed by atoms with Gasteiger partial charge in [-0.05, 0) is 106 Å². The zero-order valence-corrected chi connectivity index (χ0v) is 42.0. The summed E-state index contributed by atoms with van der Waals surface area (Å²) in [6.07, 6.45) is -3.49. The maximum atomic E-state index is 15.5. The van der Waals surface area contributed by atoms with Crippen molar-refractivity contribution in [2.75, 3.05) is 107 Å². The van der Waals surface area contributed by atoms with Gasteiger partial charge >= 0.3 is 12.7 Å². The second-order valence-corrected chi connectivity index (χ2v) is 17.5. The minimum atomic E-state index is -4.79. The molecule has 6 heterocycles. The minimum absolute atomic E-state index is 0. The fourth-order valence-electron chi connectivity index (χ4n) is 8.68. The Morgan fingerprint density at radius 2 is 1.04 bits per heavy atom. The van der Waals surface area contributed by atoms with E-state index in [1.165, 1.54) is 47.6 Å². The van der Waals surface area contributed by atoms with E-state index in [2.05, 4.69) is 39.6 Å². The number of alkyl halides is 6. The summed E-state index contributed by atoms with van der Waals surface area (Å²) in [5, 5.41) is 3.08. The first-order valence-corrected chi connectivity index (χ1v) is 23.3. The van der Waals surface area contributed by atoms with Gasteiger partial charge in [0.05, 0.1) is 51.6 Å². The zero-order valence-electron chi connectivity index (χ0n) is 41.8. The predicted octanol–water partition coefficient (Wildman–Crippen LogP) is 3.58. The molecular weight excluding hydrogens is 1140 g/mol. The van der Waals surface area contributed by atoms with Crippen LogP contribution >= 0.6 is 0 Å². The largest absolute Gasteiger partial charge is 1.00 e. The number of amides is 2. The summed E-state index contributed by atoms with van der Waals surface area (Å²) in [5.74, 6) is -3.48. The van der Waals surface area contributed by atoms with Crippen molar-refractivity contribution in [2.45, 2.75) is 65.3 Å². The van der Waals surface area contributed by atoms with Crippen LogP contribution in [0.2, 0.25) is 0 Å². The molecule has 4 aromatic rings. The summed E-state index contributed by atoms with van der Waals surface area (Å²) >= 11 is 0. The van der Waals surface area contributed by atoms with E-state index < -0.39 is 42.4 Å². The number of aromatic nitrogens is 4. The number of carbonyl (C=O) groups is 2. The summed E-state index contributed by atoms with van der Waals surface area (Å²) in [7, 11) is 0. The maximum absolute atomic E-state index is 15.5. The normalized spacial score (nSPS) is 18.7. The fourth-order valence-corrected chi connectivity index (χ4v) is 8.68. The molecule has 2 amide bonds. The third kappa shape index (κ3) is 19.8. The van der Waals surface area contributed by atoms with Crippen LogP contribution in [0.5, 0.6) is 11.5 Å². The highest BCUT2D eigenvalue weighted by molar-refractivity contribution is 5.76. The van der Waals surface area contributed by atoms with E-state index in [1.807, 2.05) is 4.90 Å². The van der Waals surface area contributed by atoms with Crippen molar-refractivity contribution in [1.29, 1.82) is 0 Å². The lowest BCUT2D eigenvalue weighted by Gasteiger charge is -2.37. The van der Waals surface area contributed by atoms with Gasteiger partial charge in [0.15, 0.2) is 17.5 Å². The van der Waals surface area contributed by atoms with Crippen LogP contribution < -0.4 is 65.8 Å². The van der Waals surface area contributed by atoms with Crippen LogP contribution in [0.4, 0.5) is 57.0 Å². The molecule has 4 aliphatic rings. The van der Waals surface area contributed by atoms with Crippen LogP contribution in [0, 0.1) is 29.4 Å². The number of rotatable bonds is 14. The SMILES string of the molecule is C.C.Fc1ncnc(N2CCOC[C@@H]2c2ccc(OC(F)(F)F)cc2)c1F.NC(=O)CN1CCC(CNc2ncnc(N3CCOC[C@@H]3c3ccc(OC(F)(F)F)cc3)c2F)CC1.NCC1CCN(CC(N)=O)CC1.[H-].[H-].[I-]. The van der Waals surface area contributed by atoms with Gasteiger partial charge < -0.3 is 78.1 Å². The second kappa shape index (κ2) is 30.4. The Hall–Kier alpha value is -5.56. The number of anilines is 3. The van der Waals surface area contributed by atoms with Gasteiger partial charge in [-0.25, -0.2) is 19.9 Å². The Morgan fingerprint density at radius 3 is 1.45 bits per heavy atom. The van der Waals surface area contributed by atoms with Crippen molar-refractivity contribution in [3.8, 4) is 11.5 Å². The van der Waals surface area contributed by atoms with Crippen LogP contribution in [-0.4, -0.2) is 146 Å². The number of piperidine rings is 2. The van der Waals surface area contributed by atoms with Crippen LogP contribution in [0.25, 0.3) is 0 Å². The maximum Gasteiger partial charge on any atom is 0.573 e. The molecule has 4 fully saturated rings. The lowest BCUT2D eigenvalue weighted by atomic mass is 9.97. The number of halogens is 10.